The van der Waals surface area contributed by atoms with E-state index in [9.17, 15) is 19.5 Å². The van der Waals surface area contributed by atoms with Crippen molar-refractivity contribution in [2.24, 2.45) is 0 Å². The molecular weight excluding hydrogens is 440 g/mol. The Morgan fingerprint density at radius 1 is 1.06 bits per heavy atom. The molecule has 1 unspecified atom stereocenters. The van der Waals surface area contributed by atoms with Crippen molar-refractivity contribution >= 4 is 29.7 Å². The van der Waals surface area contributed by atoms with Crippen molar-refractivity contribution in [3.63, 3.8) is 0 Å². The molecular formula is C25H26N2O5S. The van der Waals surface area contributed by atoms with Gasteiger partial charge in [-0.05, 0) is 41.5 Å². The number of aliphatic carboxylic acids is 1. The number of nitrogens with one attached hydrogen (secondary N) is 1. The van der Waals surface area contributed by atoms with Crippen LogP contribution in [0.1, 0.15) is 36.3 Å². The maximum Gasteiger partial charge on any atom is 0.408 e. The van der Waals surface area contributed by atoms with E-state index < -0.39 is 22.9 Å². The van der Waals surface area contributed by atoms with Gasteiger partial charge in [0.1, 0.15) is 17.4 Å². The van der Waals surface area contributed by atoms with Crippen LogP contribution in [0.5, 0.6) is 0 Å². The average molecular weight is 467 g/mol. The number of carboxylic acid groups (broad SMARTS) is 1. The first-order chi connectivity index (χ1) is 16.0. The molecule has 2 aromatic carbocycles. The minimum atomic E-state index is -0.992. The lowest BCUT2D eigenvalue weighted by molar-refractivity contribution is -0.143. The first kappa shape index (κ1) is 21.8. The molecule has 0 aromatic heterocycles. The fourth-order valence-corrected chi connectivity index (χ4v) is 6.08. The molecule has 1 atom stereocenters. The highest BCUT2D eigenvalue weighted by Gasteiger charge is 2.49. The van der Waals surface area contributed by atoms with Crippen molar-refractivity contribution in [1.82, 2.24) is 10.2 Å². The number of thioether (sulfide) groups is 1. The smallest absolute Gasteiger partial charge is 0.408 e. The molecule has 1 saturated heterocycles. The molecule has 2 aliphatic carbocycles. The van der Waals surface area contributed by atoms with E-state index in [0.717, 1.165) is 28.7 Å². The van der Waals surface area contributed by atoms with Crippen LogP contribution in [0.15, 0.2) is 48.5 Å². The fourth-order valence-electron chi connectivity index (χ4n) is 5.04. The summed E-state index contributed by atoms with van der Waals surface area (Å²) in [5, 5.41) is 11.5. The highest BCUT2D eigenvalue weighted by molar-refractivity contribution is 8.00. The van der Waals surface area contributed by atoms with Gasteiger partial charge in [0.2, 0.25) is 5.91 Å². The molecule has 2 aromatic rings. The van der Waals surface area contributed by atoms with Crippen molar-refractivity contribution in [3.8, 4) is 11.1 Å². The zero-order valence-electron chi connectivity index (χ0n) is 18.2. The van der Waals surface area contributed by atoms with E-state index in [0.29, 0.717) is 25.1 Å². The second-order valence-electron chi connectivity index (χ2n) is 8.84. The Labute approximate surface area is 196 Å². The van der Waals surface area contributed by atoms with Crippen molar-refractivity contribution in [2.75, 3.05) is 25.4 Å². The summed E-state index contributed by atoms with van der Waals surface area (Å²) in [5.74, 6) is -0.589. The van der Waals surface area contributed by atoms with Gasteiger partial charge in [-0.2, -0.15) is 0 Å². The van der Waals surface area contributed by atoms with Gasteiger partial charge in [0.05, 0.1) is 0 Å². The summed E-state index contributed by atoms with van der Waals surface area (Å²) >= 11 is 1.35. The number of nitrogens with zero attached hydrogens (tertiary/aromatic N) is 1. The van der Waals surface area contributed by atoms with Crippen molar-refractivity contribution in [2.45, 2.75) is 36.0 Å². The number of carbonyl (C=O) groups excluding carboxylic acids is 2. The predicted octanol–water partition coefficient (Wildman–Crippen LogP) is 3.48. The number of carboxylic acids is 1. The van der Waals surface area contributed by atoms with Gasteiger partial charge in [0.25, 0.3) is 0 Å². The third kappa shape index (κ3) is 3.97. The standard InChI is InChI=1S/C25H26N2O5S/c28-22(29)21-14-27(12-13-33-21)23(30)25(10-5-11-25)26-24(31)32-15-20-18-8-3-1-6-16(18)17-7-2-4-9-19(17)20/h1-4,6-9,20-21H,5,10-15H2,(H,26,31)(H,28,29). The molecule has 0 bridgehead atoms. The van der Waals surface area contributed by atoms with Crippen LogP contribution >= 0.6 is 11.8 Å². The molecule has 2 N–H and O–H groups in total. The van der Waals surface area contributed by atoms with E-state index in [1.54, 1.807) is 4.90 Å². The number of hydrogen-bond donors (Lipinski definition) is 2. The zero-order chi connectivity index (χ0) is 23.0. The minimum Gasteiger partial charge on any atom is -0.480 e. The molecule has 33 heavy (non-hydrogen) atoms. The third-order valence-corrected chi connectivity index (χ3v) is 8.10. The number of amides is 2. The maximum absolute atomic E-state index is 13.2. The van der Waals surface area contributed by atoms with Crippen LogP contribution < -0.4 is 5.32 Å². The van der Waals surface area contributed by atoms with Crippen LogP contribution in [0, 0.1) is 0 Å². The monoisotopic (exact) mass is 466 g/mol. The molecule has 0 radical (unpaired) electrons. The van der Waals surface area contributed by atoms with E-state index in [-0.39, 0.29) is 25.0 Å². The van der Waals surface area contributed by atoms with E-state index in [1.165, 1.54) is 11.8 Å². The SMILES string of the molecule is O=C(NC1(C(=O)N2CCSC(C(=O)O)C2)CCC1)OCC1c2ccccc2-c2ccccc21. The number of fused-ring (bicyclic) bond motifs is 3. The second kappa shape index (κ2) is 8.74. The van der Waals surface area contributed by atoms with Crippen molar-refractivity contribution in [1.29, 1.82) is 0 Å². The van der Waals surface area contributed by atoms with Crippen molar-refractivity contribution in [3.05, 3.63) is 59.7 Å². The van der Waals surface area contributed by atoms with Crippen LogP contribution in [0.25, 0.3) is 11.1 Å². The first-order valence-corrected chi connectivity index (χ1v) is 12.3. The first-order valence-electron chi connectivity index (χ1n) is 11.3. The average Bonchev–Trinajstić information content (AvgIpc) is 3.13. The Bertz CT molecular complexity index is 1050. The van der Waals surface area contributed by atoms with Gasteiger partial charge in [-0.1, -0.05) is 48.5 Å². The molecule has 3 aliphatic rings. The summed E-state index contributed by atoms with van der Waals surface area (Å²) < 4.78 is 5.65. The molecule has 7 nitrogen and oxygen atoms in total. The molecule has 2 amide bonds. The Balaban J connectivity index is 1.25. The van der Waals surface area contributed by atoms with E-state index >= 15 is 0 Å². The lowest BCUT2D eigenvalue weighted by Crippen LogP contribution is -2.65. The minimum absolute atomic E-state index is 0.0494. The molecule has 1 aliphatic heterocycles. The number of rotatable bonds is 5. The number of alkyl carbamates (subject to hydrolysis) is 1. The summed E-state index contributed by atoms with van der Waals surface area (Å²) in [6, 6.07) is 16.3. The molecule has 2 fully saturated rings. The summed E-state index contributed by atoms with van der Waals surface area (Å²) in [5.41, 5.74) is 3.58. The summed E-state index contributed by atoms with van der Waals surface area (Å²) in [7, 11) is 0. The van der Waals surface area contributed by atoms with Crippen LogP contribution in [0.2, 0.25) is 0 Å². The zero-order valence-corrected chi connectivity index (χ0v) is 19.0. The van der Waals surface area contributed by atoms with E-state index in [2.05, 4.69) is 29.6 Å². The van der Waals surface area contributed by atoms with Gasteiger partial charge in [-0.25, -0.2) is 4.79 Å². The highest BCUT2D eigenvalue weighted by atomic mass is 32.2. The third-order valence-electron chi connectivity index (χ3n) is 6.93. The Kier molecular flexibility index (Phi) is 5.78. The van der Waals surface area contributed by atoms with Gasteiger partial charge in [0, 0.05) is 24.8 Å². The molecule has 8 heteroatoms. The number of benzene rings is 2. The van der Waals surface area contributed by atoms with Gasteiger partial charge in [-0.3, -0.25) is 9.59 Å². The molecule has 1 heterocycles. The molecule has 172 valence electrons. The Morgan fingerprint density at radius 3 is 2.27 bits per heavy atom. The number of carbonyl (C=O) groups is 3. The lowest BCUT2D eigenvalue weighted by Gasteiger charge is -2.45. The Hall–Kier alpha value is -3.00. The van der Waals surface area contributed by atoms with Gasteiger partial charge < -0.3 is 20.1 Å². The van der Waals surface area contributed by atoms with E-state index in [1.807, 2.05) is 24.3 Å². The normalized spacial score (nSPS) is 20.8. The van der Waals surface area contributed by atoms with Gasteiger partial charge in [0.15, 0.2) is 0 Å². The van der Waals surface area contributed by atoms with Gasteiger partial charge in [-0.15, -0.1) is 11.8 Å². The largest absolute Gasteiger partial charge is 0.480 e. The van der Waals surface area contributed by atoms with Gasteiger partial charge >= 0.3 is 12.1 Å². The topological polar surface area (TPSA) is 95.9 Å². The molecule has 0 spiro atoms. The quantitative estimate of drug-likeness (QED) is 0.701. The van der Waals surface area contributed by atoms with Crippen molar-refractivity contribution < 1.29 is 24.2 Å². The summed E-state index contributed by atoms with van der Waals surface area (Å²) in [6.45, 7) is 0.833. The summed E-state index contributed by atoms with van der Waals surface area (Å²) in [4.78, 5) is 39.0. The predicted molar refractivity (Wildman–Crippen MR) is 125 cm³/mol. The second-order valence-corrected chi connectivity index (χ2v) is 10.1. The lowest BCUT2D eigenvalue weighted by atomic mass is 9.75. The molecule has 5 rings (SSSR count). The maximum atomic E-state index is 13.2. The van der Waals surface area contributed by atoms with Crippen LogP contribution in [-0.2, 0) is 14.3 Å². The number of ether oxygens (including phenoxy) is 1. The summed E-state index contributed by atoms with van der Waals surface area (Å²) in [6.07, 6.45) is 1.31. The fraction of sp³-hybridized carbons (Fsp3) is 0.400. The van der Waals surface area contributed by atoms with Crippen LogP contribution in [0.4, 0.5) is 4.79 Å². The van der Waals surface area contributed by atoms with Crippen LogP contribution in [-0.4, -0.2) is 64.2 Å². The highest BCUT2D eigenvalue weighted by Crippen LogP contribution is 2.44. The Morgan fingerprint density at radius 2 is 1.70 bits per heavy atom. The number of hydrogen-bond acceptors (Lipinski definition) is 5. The molecule has 1 saturated carbocycles. The van der Waals surface area contributed by atoms with Crippen LogP contribution in [0.3, 0.4) is 0 Å². The van der Waals surface area contributed by atoms with E-state index in [4.69, 9.17) is 4.74 Å².